The van der Waals surface area contributed by atoms with E-state index in [4.69, 9.17) is 10.5 Å². The minimum atomic E-state index is 0.386. The van der Waals surface area contributed by atoms with Gasteiger partial charge < -0.3 is 10.5 Å². The van der Waals surface area contributed by atoms with Crippen LogP contribution in [0.15, 0.2) is 17.2 Å². The SMILES string of the molecule is Cc1ccc(N)c(SCC2CCCO2)n1. The van der Waals surface area contributed by atoms with Crippen LogP contribution in [0.25, 0.3) is 0 Å². The van der Waals surface area contributed by atoms with Gasteiger partial charge in [0.05, 0.1) is 11.8 Å². The van der Waals surface area contributed by atoms with Crippen LogP contribution in [0.2, 0.25) is 0 Å². The Hall–Kier alpha value is -0.740. The molecule has 1 aliphatic rings. The molecule has 0 aliphatic carbocycles. The van der Waals surface area contributed by atoms with Crippen molar-refractivity contribution in [1.29, 1.82) is 0 Å². The highest BCUT2D eigenvalue weighted by atomic mass is 32.2. The van der Waals surface area contributed by atoms with Gasteiger partial charge in [0.25, 0.3) is 0 Å². The van der Waals surface area contributed by atoms with Crippen LogP contribution in [0.5, 0.6) is 0 Å². The zero-order chi connectivity index (χ0) is 10.7. The second-order valence-corrected chi connectivity index (χ2v) is 4.80. The molecule has 15 heavy (non-hydrogen) atoms. The van der Waals surface area contributed by atoms with Crippen LogP contribution in [0.4, 0.5) is 5.69 Å². The van der Waals surface area contributed by atoms with Gasteiger partial charge in [-0.05, 0) is 31.9 Å². The van der Waals surface area contributed by atoms with Gasteiger partial charge in [-0.25, -0.2) is 4.98 Å². The lowest BCUT2D eigenvalue weighted by Gasteiger charge is -2.09. The molecule has 2 heterocycles. The number of ether oxygens (including phenoxy) is 1. The van der Waals surface area contributed by atoms with Crippen molar-refractivity contribution < 1.29 is 4.74 Å². The third-order valence-electron chi connectivity index (χ3n) is 2.46. The first-order valence-electron chi connectivity index (χ1n) is 5.23. The van der Waals surface area contributed by atoms with Gasteiger partial charge in [0.15, 0.2) is 0 Å². The first-order chi connectivity index (χ1) is 7.25. The van der Waals surface area contributed by atoms with Crippen molar-refractivity contribution >= 4 is 17.4 Å². The first-order valence-corrected chi connectivity index (χ1v) is 6.22. The molecule has 0 bridgehead atoms. The molecular formula is C11H16N2OS. The summed E-state index contributed by atoms with van der Waals surface area (Å²) in [7, 11) is 0. The number of nitrogen functional groups attached to an aromatic ring is 1. The van der Waals surface area contributed by atoms with Crippen molar-refractivity contribution in [1.82, 2.24) is 4.98 Å². The van der Waals surface area contributed by atoms with E-state index in [1.807, 2.05) is 19.1 Å². The quantitative estimate of drug-likeness (QED) is 0.800. The average molecular weight is 224 g/mol. The molecule has 0 saturated carbocycles. The van der Waals surface area contributed by atoms with Crippen molar-refractivity contribution in [2.45, 2.75) is 30.9 Å². The van der Waals surface area contributed by atoms with E-state index in [2.05, 4.69) is 4.98 Å². The van der Waals surface area contributed by atoms with Crippen LogP contribution in [0.3, 0.4) is 0 Å². The smallest absolute Gasteiger partial charge is 0.119 e. The van der Waals surface area contributed by atoms with E-state index in [-0.39, 0.29) is 0 Å². The lowest BCUT2D eigenvalue weighted by atomic mass is 10.3. The Balaban J connectivity index is 1.94. The second kappa shape index (κ2) is 4.86. The summed E-state index contributed by atoms with van der Waals surface area (Å²) in [6, 6.07) is 3.85. The normalized spacial score (nSPS) is 20.7. The molecule has 1 fully saturated rings. The molecule has 2 N–H and O–H groups in total. The Bertz CT molecular complexity index is 337. The standard InChI is InChI=1S/C11H16N2OS/c1-8-4-5-10(12)11(13-8)15-7-9-3-2-6-14-9/h4-5,9H,2-3,6-7,12H2,1H3. The number of nitrogens with zero attached hydrogens (tertiary/aromatic N) is 1. The van der Waals surface area contributed by atoms with E-state index in [1.54, 1.807) is 11.8 Å². The zero-order valence-electron chi connectivity index (χ0n) is 8.90. The van der Waals surface area contributed by atoms with E-state index in [1.165, 1.54) is 12.8 Å². The van der Waals surface area contributed by atoms with E-state index < -0.39 is 0 Å². The minimum Gasteiger partial charge on any atom is -0.397 e. The van der Waals surface area contributed by atoms with Gasteiger partial charge in [0, 0.05) is 18.1 Å². The number of aromatic nitrogens is 1. The molecule has 0 radical (unpaired) electrons. The number of nitrogens with two attached hydrogens (primary N) is 1. The molecule has 0 amide bonds. The van der Waals surface area contributed by atoms with Crippen LogP contribution in [0, 0.1) is 6.92 Å². The first kappa shape index (κ1) is 10.8. The number of hydrogen-bond acceptors (Lipinski definition) is 4. The monoisotopic (exact) mass is 224 g/mol. The second-order valence-electron chi connectivity index (χ2n) is 3.79. The third kappa shape index (κ3) is 2.86. The van der Waals surface area contributed by atoms with Crippen LogP contribution < -0.4 is 5.73 Å². The molecule has 0 spiro atoms. The van der Waals surface area contributed by atoms with Crippen molar-refractivity contribution in [3.05, 3.63) is 17.8 Å². The van der Waals surface area contributed by atoms with Crippen LogP contribution in [-0.2, 0) is 4.74 Å². The van der Waals surface area contributed by atoms with Gasteiger partial charge in [0.2, 0.25) is 0 Å². The molecule has 0 aromatic carbocycles. The molecule has 2 rings (SSSR count). The average Bonchev–Trinajstić information content (AvgIpc) is 2.72. The summed E-state index contributed by atoms with van der Waals surface area (Å²) in [5.41, 5.74) is 7.63. The van der Waals surface area contributed by atoms with Gasteiger partial charge in [-0.3, -0.25) is 0 Å². The maximum atomic E-state index is 5.85. The van der Waals surface area contributed by atoms with Crippen LogP contribution >= 0.6 is 11.8 Å². The highest BCUT2D eigenvalue weighted by Crippen LogP contribution is 2.26. The Labute approximate surface area is 94.4 Å². The summed E-state index contributed by atoms with van der Waals surface area (Å²) in [5.74, 6) is 0.959. The molecule has 1 aliphatic heterocycles. The predicted molar refractivity (Wildman–Crippen MR) is 63.1 cm³/mol. The summed E-state index contributed by atoms with van der Waals surface area (Å²) < 4.78 is 5.56. The van der Waals surface area contributed by atoms with Crippen LogP contribution in [0.1, 0.15) is 18.5 Å². The van der Waals surface area contributed by atoms with Gasteiger partial charge in [-0.2, -0.15) is 0 Å². The molecule has 82 valence electrons. The third-order valence-corrected chi connectivity index (χ3v) is 3.60. The predicted octanol–water partition coefficient (Wildman–Crippen LogP) is 2.24. The largest absolute Gasteiger partial charge is 0.397 e. The lowest BCUT2D eigenvalue weighted by molar-refractivity contribution is 0.129. The summed E-state index contributed by atoms with van der Waals surface area (Å²) in [6.07, 6.45) is 2.73. The number of aryl methyl sites for hydroxylation is 1. The summed E-state index contributed by atoms with van der Waals surface area (Å²) >= 11 is 1.70. The molecule has 1 atom stereocenters. The molecule has 4 heteroatoms. The lowest BCUT2D eigenvalue weighted by Crippen LogP contribution is -2.08. The van der Waals surface area contributed by atoms with Crippen molar-refractivity contribution in [3.8, 4) is 0 Å². The molecular weight excluding hydrogens is 208 g/mol. The maximum Gasteiger partial charge on any atom is 0.119 e. The molecule has 1 unspecified atom stereocenters. The Morgan fingerprint density at radius 3 is 3.20 bits per heavy atom. The summed E-state index contributed by atoms with van der Waals surface area (Å²) in [5, 5.41) is 0.936. The highest BCUT2D eigenvalue weighted by molar-refractivity contribution is 7.99. The Morgan fingerprint density at radius 1 is 1.60 bits per heavy atom. The van der Waals surface area contributed by atoms with Gasteiger partial charge >= 0.3 is 0 Å². The molecule has 1 aromatic heterocycles. The van der Waals surface area contributed by atoms with Gasteiger partial charge in [-0.1, -0.05) is 0 Å². The fourth-order valence-electron chi connectivity index (χ4n) is 1.61. The number of rotatable bonds is 3. The molecule has 1 saturated heterocycles. The number of pyridine rings is 1. The van der Waals surface area contributed by atoms with Crippen molar-refractivity contribution in [2.75, 3.05) is 18.1 Å². The fraction of sp³-hybridized carbons (Fsp3) is 0.545. The van der Waals surface area contributed by atoms with Crippen LogP contribution in [-0.4, -0.2) is 23.4 Å². The summed E-state index contributed by atoms with van der Waals surface area (Å²) in [6.45, 7) is 2.89. The molecule has 3 nitrogen and oxygen atoms in total. The highest BCUT2D eigenvalue weighted by Gasteiger charge is 2.16. The van der Waals surface area contributed by atoms with E-state index in [0.29, 0.717) is 6.10 Å². The number of thioether (sulfide) groups is 1. The van der Waals surface area contributed by atoms with Crippen molar-refractivity contribution in [3.63, 3.8) is 0 Å². The molecule has 1 aromatic rings. The van der Waals surface area contributed by atoms with E-state index >= 15 is 0 Å². The topological polar surface area (TPSA) is 48.1 Å². The Morgan fingerprint density at radius 2 is 2.47 bits per heavy atom. The minimum absolute atomic E-state index is 0.386. The zero-order valence-corrected chi connectivity index (χ0v) is 9.72. The number of anilines is 1. The Kier molecular flexibility index (Phi) is 3.49. The van der Waals surface area contributed by atoms with Gasteiger partial charge in [0.1, 0.15) is 5.03 Å². The fourth-order valence-corrected chi connectivity index (χ4v) is 2.66. The maximum absolute atomic E-state index is 5.85. The summed E-state index contributed by atoms with van der Waals surface area (Å²) in [4.78, 5) is 4.42. The van der Waals surface area contributed by atoms with E-state index in [9.17, 15) is 0 Å². The van der Waals surface area contributed by atoms with Crippen molar-refractivity contribution in [2.24, 2.45) is 0 Å². The number of hydrogen-bond donors (Lipinski definition) is 1. The van der Waals surface area contributed by atoms with Gasteiger partial charge in [-0.15, -0.1) is 11.8 Å². The van der Waals surface area contributed by atoms with E-state index in [0.717, 1.165) is 28.8 Å².